The van der Waals surface area contributed by atoms with Crippen LogP contribution in [0.5, 0.6) is 0 Å². The minimum Gasteiger partial charge on any atom is -0.306 e. The third-order valence-corrected chi connectivity index (χ3v) is 4.51. The molecule has 3 nitrogen and oxygen atoms in total. The van der Waals surface area contributed by atoms with Crippen LogP contribution >= 0.6 is 38.5 Å². The second-order valence-electron chi connectivity index (χ2n) is 4.69. The van der Waals surface area contributed by atoms with E-state index in [-0.39, 0.29) is 6.04 Å². The molecule has 1 unspecified atom stereocenters. The summed E-state index contributed by atoms with van der Waals surface area (Å²) in [7, 11) is 0. The molecule has 2 aromatic rings. The summed E-state index contributed by atoms with van der Waals surface area (Å²) in [6.45, 7) is 6.18. The Bertz CT molecular complexity index is 568. The van der Waals surface area contributed by atoms with Crippen molar-refractivity contribution in [2.24, 2.45) is 0 Å². The van der Waals surface area contributed by atoms with Gasteiger partial charge in [0.1, 0.15) is 0 Å². The zero-order valence-corrected chi connectivity index (χ0v) is 15.5. The molecular formula is C15H19BrIN3. The zero-order chi connectivity index (χ0) is 14.5. The quantitative estimate of drug-likeness (QED) is 0.666. The van der Waals surface area contributed by atoms with Gasteiger partial charge in [-0.2, -0.15) is 5.10 Å². The van der Waals surface area contributed by atoms with Gasteiger partial charge in [-0.05, 0) is 59.3 Å². The van der Waals surface area contributed by atoms with Gasteiger partial charge in [-0.3, -0.25) is 4.68 Å². The number of halogens is 2. The molecule has 0 aliphatic carbocycles. The Balaban J connectivity index is 2.36. The van der Waals surface area contributed by atoms with Crippen molar-refractivity contribution in [2.45, 2.75) is 32.9 Å². The molecule has 2 rings (SSSR count). The number of hydrogen-bond acceptors (Lipinski definition) is 2. The van der Waals surface area contributed by atoms with Crippen LogP contribution in [0.4, 0.5) is 0 Å². The maximum absolute atomic E-state index is 4.45. The third kappa shape index (κ3) is 3.83. The highest BCUT2D eigenvalue weighted by Crippen LogP contribution is 2.30. The van der Waals surface area contributed by atoms with Crippen LogP contribution in [0, 0.1) is 3.57 Å². The molecule has 1 heterocycles. The van der Waals surface area contributed by atoms with Crippen molar-refractivity contribution in [3.63, 3.8) is 0 Å². The van der Waals surface area contributed by atoms with Crippen LogP contribution in [0.3, 0.4) is 0 Å². The number of nitrogens with zero attached hydrogens (tertiary/aromatic N) is 2. The van der Waals surface area contributed by atoms with Crippen LogP contribution in [0.25, 0.3) is 0 Å². The molecular weight excluding hydrogens is 429 g/mol. The molecule has 1 aromatic carbocycles. The normalized spacial score (nSPS) is 12.6. The van der Waals surface area contributed by atoms with Crippen molar-refractivity contribution in [2.75, 3.05) is 6.54 Å². The molecule has 0 bridgehead atoms. The SMILES string of the molecule is CCCn1cc(C(NCC)c2cc(I)ccc2Br)cn1. The van der Waals surface area contributed by atoms with Crippen LogP contribution in [-0.2, 0) is 6.54 Å². The molecule has 1 aromatic heterocycles. The van der Waals surface area contributed by atoms with Crippen LogP contribution in [-0.4, -0.2) is 16.3 Å². The molecule has 0 fully saturated rings. The minimum atomic E-state index is 0.176. The van der Waals surface area contributed by atoms with Crippen LogP contribution < -0.4 is 5.32 Å². The lowest BCUT2D eigenvalue weighted by Gasteiger charge is -2.18. The Morgan fingerprint density at radius 3 is 2.90 bits per heavy atom. The number of aryl methyl sites for hydroxylation is 1. The van der Waals surface area contributed by atoms with Crippen LogP contribution in [0.2, 0.25) is 0 Å². The van der Waals surface area contributed by atoms with E-state index in [4.69, 9.17) is 0 Å². The van der Waals surface area contributed by atoms with Gasteiger partial charge in [0.15, 0.2) is 0 Å². The maximum Gasteiger partial charge on any atom is 0.0619 e. The minimum absolute atomic E-state index is 0.176. The molecule has 0 saturated heterocycles. The van der Waals surface area contributed by atoms with Gasteiger partial charge in [0.05, 0.1) is 12.2 Å². The van der Waals surface area contributed by atoms with Gasteiger partial charge >= 0.3 is 0 Å². The summed E-state index contributed by atoms with van der Waals surface area (Å²) < 4.78 is 4.39. The second kappa shape index (κ2) is 7.56. The lowest BCUT2D eigenvalue weighted by Crippen LogP contribution is -2.22. The van der Waals surface area contributed by atoms with Crippen molar-refractivity contribution >= 4 is 38.5 Å². The predicted molar refractivity (Wildman–Crippen MR) is 94.9 cm³/mol. The van der Waals surface area contributed by atoms with Gasteiger partial charge in [0.2, 0.25) is 0 Å². The second-order valence-corrected chi connectivity index (χ2v) is 6.79. The summed E-state index contributed by atoms with van der Waals surface area (Å²) >= 11 is 6.02. The number of rotatable bonds is 6. The summed E-state index contributed by atoms with van der Waals surface area (Å²) in [4.78, 5) is 0. The van der Waals surface area contributed by atoms with Gasteiger partial charge in [-0.15, -0.1) is 0 Å². The van der Waals surface area contributed by atoms with E-state index >= 15 is 0 Å². The first-order chi connectivity index (χ1) is 9.65. The lowest BCUT2D eigenvalue weighted by atomic mass is 10.0. The van der Waals surface area contributed by atoms with E-state index in [1.165, 1.54) is 14.7 Å². The lowest BCUT2D eigenvalue weighted by molar-refractivity contribution is 0.597. The smallest absolute Gasteiger partial charge is 0.0619 e. The monoisotopic (exact) mass is 447 g/mol. The van der Waals surface area contributed by atoms with Crippen molar-refractivity contribution in [1.82, 2.24) is 15.1 Å². The highest BCUT2D eigenvalue weighted by Gasteiger charge is 2.17. The number of nitrogens with one attached hydrogen (secondary N) is 1. The summed E-state index contributed by atoms with van der Waals surface area (Å²) in [6.07, 6.45) is 5.21. The van der Waals surface area contributed by atoms with Crippen LogP contribution in [0.15, 0.2) is 35.1 Å². The molecule has 0 saturated carbocycles. The first-order valence-corrected chi connectivity index (χ1v) is 8.73. The van der Waals surface area contributed by atoms with Crippen LogP contribution in [0.1, 0.15) is 37.4 Å². The van der Waals surface area contributed by atoms with E-state index in [0.717, 1.165) is 24.0 Å². The van der Waals surface area contributed by atoms with E-state index in [1.807, 2.05) is 10.9 Å². The molecule has 0 radical (unpaired) electrons. The fraction of sp³-hybridized carbons (Fsp3) is 0.400. The van der Waals surface area contributed by atoms with Crippen molar-refractivity contribution in [3.05, 3.63) is 49.8 Å². The van der Waals surface area contributed by atoms with E-state index in [9.17, 15) is 0 Å². The topological polar surface area (TPSA) is 29.9 Å². The summed E-state index contributed by atoms with van der Waals surface area (Å²) in [5.74, 6) is 0. The molecule has 1 atom stereocenters. The Hall–Kier alpha value is -0.400. The predicted octanol–water partition coefficient (Wildman–Crippen LogP) is 4.36. The fourth-order valence-electron chi connectivity index (χ4n) is 2.23. The van der Waals surface area contributed by atoms with E-state index in [0.29, 0.717) is 0 Å². The Morgan fingerprint density at radius 2 is 2.20 bits per heavy atom. The zero-order valence-electron chi connectivity index (χ0n) is 11.7. The average molecular weight is 448 g/mol. The number of hydrogen-bond donors (Lipinski definition) is 1. The molecule has 0 aliphatic heterocycles. The van der Waals surface area contributed by atoms with Crippen molar-refractivity contribution in [1.29, 1.82) is 0 Å². The third-order valence-electron chi connectivity index (χ3n) is 3.12. The largest absolute Gasteiger partial charge is 0.306 e. The summed E-state index contributed by atoms with van der Waals surface area (Å²) in [5.41, 5.74) is 2.47. The molecule has 1 N–H and O–H groups in total. The van der Waals surface area contributed by atoms with Gasteiger partial charge in [0.25, 0.3) is 0 Å². The standard InChI is InChI=1S/C15H19BrIN3/c1-3-7-20-10-11(9-19-20)15(18-4-2)13-8-12(17)5-6-14(13)16/h5-6,8-10,15,18H,3-4,7H2,1-2H3. The number of benzene rings is 1. The maximum atomic E-state index is 4.45. The van der Waals surface area contributed by atoms with Gasteiger partial charge in [-0.25, -0.2) is 0 Å². The highest BCUT2D eigenvalue weighted by atomic mass is 127. The highest BCUT2D eigenvalue weighted by molar-refractivity contribution is 14.1. The van der Waals surface area contributed by atoms with E-state index in [1.54, 1.807) is 0 Å². The molecule has 108 valence electrons. The first kappa shape index (κ1) is 16.0. The molecule has 20 heavy (non-hydrogen) atoms. The Morgan fingerprint density at radius 1 is 1.40 bits per heavy atom. The van der Waals surface area contributed by atoms with E-state index < -0.39 is 0 Å². The average Bonchev–Trinajstić information content (AvgIpc) is 2.88. The van der Waals surface area contributed by atoms with Gasteiger partial charge in [-0.1, -0.05) is 29.8 Å². The molecule has 0 spiro atoms. The Kier molecular flexibility index (Phi) is 6.04. The summed E-state index contributed by atoms with van der Waals surface area (Å²) in [5, 5.41) is 8.00. The molecule has 0 aliphatic rings. The number of aromatic nitrogens is 2. The van der Waals surface area contributed by atoms with Crippen molar-refractivity contribution < 1.29 is 0 Å². The molecule has 0 amide bonds. The first-order valence-electron chi connectivity index (χ1n) is 6.86. The fourth-order valence-corrected chi connectivity index (χ4v) is 3.22. The van der Waals surface area contributed by atoms with Crippen molar-refractivity contribution in [3.8, 4) is 0 Å². The van der Waals surface area contributed by atoms with Gasteiger partial charge < -0.3 is 5.32 Å². The van der Waals surface area contributed by atoms with Gasteiger partial charge in [0, 0.05) is 26.3 Å². The summed E-state index contributed by atoms with van der Waals surface area (Å²) in [6, 6.07) is 6.61. The van der Waals surface area contributed by atoms with E-state index in [2.05, 4.69) is 87.2 Å². The Labute approximate surface area is 142 Å². The molecule has 5 heteroatoms.